The van der Waals surface area contributed by atoms with Crippen molar-refractivity contribution in [1.29, 1.82) is 0 Å². The van der Waals surface area contributed by atoms with Crippen LogP contribution in [0.3, 0.4) is 0 Å². The molecule has 0 atom stereocenters. The van der Waals surface area contributed by atoms with Gasteiger partial charge in [-0.1, -0.05) is 182 Å². The molecule has 0 bridgehead atoms. The molecule has 2 heteroatoms. The minimum absolute atomic E-state index is 0.494. The van der Waals surface area contributed by atoms with E-state index in [1.807, 2.05) is 0 Å². The Bertz CT molecular complexity index is 2980. The van der Waals surface area contributed by atoms with Crippen LogP contribution in [0.2, 0.25) is 0 Å². The van der Waals surface area contributed by atoms with Gasteiger partial charge in [0.05, 0.1) is 22.0 Å². The number of hydrogen-bond acceptors (Lipinski definition) is 1. The Kier molecular flexibility index (Phi) is 6.80. The second-order valence-electron chi connectivity index (χ2n) is 14.3. The second-order valence-corrected chi connectivity index (χ2v) is 14.3. The van der Waals surface area contributed by atoms with Crippen LogP contribution in [0.5, 0.6) is 0 Å². The highest BCUT2D eigenvalue weighted by Gasteiger charge is 2.46. The SMILES string of the molecule is c1ccc(-c2ccc(-c3cc(-n4c5ccccc5c5ccc(C6(c7ccccc7)c7ccccc7-c7ccccc76)cc54)nc4ccccc34)cc2)cc1. The average molecular weight is 687 g/mol. The van der Waals surface area contributed by atoms with Crippen molar-refractivity contribution in [2.45, 2.75) is 5.41 Å². The Labute approximate surface area is 314 Å². The molecule has 0 aliphatic heterocycles. The van der Waals surface area contributed by atoms with E-state index in [0.717, 1.165) is 38.9 Å². The lowest BCUT2D eigenvalue weighted by molar-refractivity contribution is 0.769. The summed E-state index contributed by atoms with van der Waals surface area (Å²) in [4.78, 5) is 5.41. The van der Waals surface area contributed by atoms with Crippen LogP contribution in [0, 0.1) is 0 Å². The van der Waals surface area contributed by atoms with Crippen molar-refractivity contribution in [3.63, 3.8) is 0 Å². The summed E-state index contributed by atoms with van der Waals surface area (Å²) in [7, 11) is 0. The molecule has 8 aromatic carbocycles. The van der Waals surface area contributed by atoms with Gasteiger partial charge in [0, 0.05) is 16.2 Å². The monoisotopic (exact) mass is 686 g/mol. The van der Waals surface area contributed by atoms with E-state index in [2.05, 4.69) is 211 Å². The lowest BCUT2D eigenvalue weighted by atomic mass is 9.67. The number of benzene rings is 8. The Morgan fingerprint density at radius 3 is 1.65 bits per heavy atom. The number of fused-ring (bicyclic) bond motifs is 7. The summed E-state index contributed by atoms with van der Waals surface area (Å²) < 4.78 is 2.38. The van der Waals surface area contributed by atoms with E-state index in [4.69, 9.17) is 4.98 Å². The summed E-state index contributed by atoms with van der Waals surface area (Å²) in [5.41, 5.74) is 15.2. The zero-order chi connectivity index (χ0) is 35.6. The number of pyridine rings is 1. The fourth-order valence-electron chi connectivity index (χ4n) is 9.15. The van der Waals surface area contributed by atoms with Gasteiger partial charge in [-0.3, -0.25) is 4.57 Å². The molecule has 0 amide bonds. The van der Waals surface area contributed by atoms with Crippen molar-refractivity contribution in [1.82, 2.24) is 9.55 Å². The highest BCUT2D eigenvalue weighted by atomic mass is 15.1. The highest BCUT2D eigenvalue weighted by molar-refractivity contribution is 6.10. The molecule has 1 aliphatic rings. The van der Waals surface area contributed by atoms with E-state index in [1.54, 1.807) is 0 Å². The highest BCUT2D eigenvalue weighted by Crippen LogP contribution is 2.56. The third-order valence-corrected chi connectivity index (χ3v) is 11.5. The first-order valence-corrected chi connectivity index (χ1v) is 18.6. The zero-order valence-electron chi connectivity index (χ0n) is 29.5. The lowest BCUT2D eigenvalue weighted by Gasteiger charge is -2.34. The van der Waals surface area contributed by atoms with E-state index < -0.39 is 5.41 Å². The van der Waals surface area contributed by atoms with E-state index >= 15 is 0 Å². The summed E-state index contributed by atoms with van der Waals surface area (Å²) in [5, 5.41) is 3.56. The van der Waals surface area contributed by atoms with Crippen LogP contribution in [0.1, 0.15) is 22.3 Å². The van der Waals surface area contributed by atoms with Gasteiger partial charge in [0.15, 0.2) is 0 Å². The van der Waals surface area contributed by atoms with Gasteiger partial charge in [0.25, 0.3) is 0 Å². The molecule has 0 spiro atoms. The van der Waals surface area contributed by atoms with Crippen molar-refractivity contribution >= 4 is 32.7 Å². The summed E-state index contributed by atoms with van der Waals surface area (Å²) in [6.07, 6.45) is 0. The fraction of sp³-hybridized carbons (Fsp3) is 0.0192. The van der Waals surface area contributed by atoms with E-state index in [-0.39, 0.29) is 0 Å². The largest absolute Gasteiger partial charge is 0.294 e. The molecular weight excluding hydrogens is 653 g/mol. The van der Waals surface area contributed by atoms with Crippen LogP contribution in [-0.2, 0) is 5.41 Å². The Balaban J connectivity index is 1.19. The number of nitrogens with zero attached hydrogens (tertiary/aromatic N) is 2. The van der Waals surface area contributed by atoms with Gasteiger partial charge < -0.3 is 0 Å². The third kappa shape index (κ3) is 4.44. The minimum atomic E-state index is -0.494. The quantitative estimate of drug-likeness (QED) is 0.176. The van der Waals surface area contributed by atoms with Gasteiger partial charge in [-0.2, -0.15) is 0 Å². The molecule has 2 aromatic heterocycles. The van der Waals surface area contributed by atoms with Gasteiger partial charge in [-0.15, -0.1) is 0 Å². The van der Waals surface area contributed by atoms with Crippen LogP contribution in [0.4, 0.5) is 0 Å². The smallest absolute Gasteiger partial charge is 0.138 e. The topological polar surface area (TPSA) is 17.8 Å². The van der Waals surface area contributed by atoms with Crippen LogP contribution in [-0.4, -0.2) is 9.55 Å². The summed E-state index contributed by atoms with van der Waals surface area (Å²) in [6, 6.07) is 75.1. The summed E-state index contributed by atoms with van der Waals surface area (Å²) >= 11 is 0. The number of aromatic nitrogens is 2. The number of rotatable bonds is 5. The predicted octanol–water partition coefficient (Wildman–Crippen LogP) is 13.0. The van der Waals surface area contributed by atoms with E-state index in [1.165, 1.54) is 55.3 Å². The molecule has 0 saturated carbocycles. The van der Waals surface area contributed by atoms with Crippen LogP contribution < -0.4 is 0 Å². The Hall–Kier alpha value is -7.03. The van der Waals surface area contributed by atoms with Gasteiger partial charge in [0.1, 0.15) is 5.82 Å². The minimum Gasteiger partial charge on any atom is -0.294 e. The van der Waals surface area contributed by atoms with Crippen molar-refractivity contribution in [3.8, 4) is 39.2 Å². The second kappa shape index (κ2) is 12.0. The lowest BCUT2D eigenvalue weighted by Crippen LogP contribution is -2.28. The van der Waals surface area contributed by atoms with Gasteiger partial charge in [-0.05, 0) is 79.9 Å². The zero-order valence-corrected chi connectivity index (χ0v) is 29.5. The first kappa shape index (κ1) is 30.6. The molecule has 252 valence electrons. The van der Waals surface area contributed by atoms with Gasteiger partial charge >= 0.3 is 0 Å². The standard InChI is InChI=1S/C52H34N2/c1-3-15-35(16-4-1)36-27-29-37(30-28-36)45-34-51(53-48-25-13-9-21-42(45)48)54-49-26-14-10-22-43(49)44-32-31-39(33-50(44)54)52(38-17-5-2-6-18-38)46-23-11-7-19-40(46)41-20-8-12-24-47(41)52/h1-34H. The Morgan fingerprint density at radius 1 is 0.352 bits per heavy atom. The molecule has 11 rings (SSSR count). The van der Waals surface area contributed by atoms with Crippen LogP contribution >= 0.6 is 0 Å². The van der Waals surface area contributed by atoms with Crippen LogP contribution in [0.25, 0.3) is 71.9 Å². The van der Waals surface area contributed by atoms with Crippen LogP contribution in [0.15, 0.2) is 206 Å². The predicted molar refractivity (Wildman–Crippen MR) is 224 cm³/mol. The van der Waals surface area contributed by atoms with E-state index in [9.17, 15) is 0 Å². The maximum atomic E-state index is 5.41. The normalized spacial score (nSPS) is 13.0. The molecule has 0 fully saturated rings. The maximum absolute atomic E-state index is 5.41. The van der Waals surface area contributed by atoms with Crippen molar-refractivity contribution in [3.05, 3.63) is 229 Å². The molecule has 0 saturated heterocycles. The van der Waals surface area contributed by atoms with E-state index in [0.29, 0.717) is 0 Å². The van der Waals surface area contributed by atoms with Gasteiger partial charge in [-0.25, -0.2) is 4.98 Å². The molecular formula is C52H34N2. The molecule has 0 N–H and O–H groups in total. The molecule has 2 nitrogen and oxygen atoms in total. The molecule has 0 radical (unpaired) electrons. The summed E-state index contributed by atoms with van der Waals surface area (Å²) in [6.45, 7) is 0. The number of hydrogen-bond donors (Lipinski definition) is 0. The Morgan fingerprint density at radius 2 is 0.907 bits per heavy atom. The fourth-order valence-corrected chi connectivity index (χ4v) is 9.15. The summed E-state index contributed by atoms with van der Waals surface area (Å²) in [5.74, 6) is 0.903. The first-order chi connectivity index (χ1) is 26.8. The van der Waals surface area contributed by atoms with Crippen molar-refractivity contribution in [2.24, 2.45) is 0 Å². The maximum Gasteiger partial charge on any atom is 0.138 e. The van der Waals surface area contributed by atoms with Gasteiger partial charge in [0.2, 0.25) is 0 Å². The van der Waals surface area contributed by atoms with Crippen molar-refractivity contribution in [2.75, 3.05) is 0 Å². The molecule has 10 aromatic rings. The third-order valence-electron chi connectivity index (χ3n) is 11.5. The number of para-hydroxylation sites is 2. The molecule has 54 heavy (non-hydrogen) atoms. The molecule has 1 aliphatic carbocycles. The first-order valence-electron chi connectivity index (χ1n) is 18.6. The molecule has 0 unspecified atom stereocenters. The molecule has 2 heterocycles. The van der Waals surface area contributed by atoms with Crippen molar-refractivity contribution < 1.29 is 0 Å². The average Bonchev–Trinajstić information content (AvgIpc) is 3.74.